The van der Waals surface area contributed by atoms with Crippen LogP contribution in [0.3, 0.4) is 0 Å². The molecule has 1 rings (SSSR count). The van der Waals surface area contributed by atoms with Gasteiger partial charge in [-0.2, -0.15) is 0 Å². The lowest BCUT2D eigenvalue weighted by Crippen LogP contribution is -2.49. The lowest BCUT2D eigenvalue weighted by molar-refractivity contribution is -0.136. The van der Waals surface area contributed by atoms with Crippen molar-refractivity contribution >= 4 is 11.8 Å². The number of nitrogens with zero attached hydrogens (tertiary/aromatic N) is 1. The second kappa shape index (κ2) is 8.92. The van der Waals surface area contributed by atoms with Gasteiger partial charge in [0, 0.05) is 32.8 Å². The number of nitrogens with one attached hydrogen (secondary N) is 1. The molecule has 0 aromatic rings. The molecule has 0 saturated carbocycles. The Morgan fingerprint density at radius 2 is 2.05 bits per heavy atom. The van der Waals surface area contributed by atoms with E-state index in [9.17, 15) is 9.59 Å². The molecule has 0 aromatic carbocycles. The molecule has 1 fully saturated rings. The van der Waals surface area contributed by atoms with Crippen LogP contribution in [0.25, 0.3) is 0 Å². The molecule has 6 heteroatoms. The number of hydrogen-bond donors (Lipinski definition) is 2. The van der Waals surface area contributed by atoms with Crippen molar-refractivity contribution < 1.29 is 14.3 Å². The number of carbonyl (C=O) groups excluding carboxylic acids is 2. The summed E-state index contributed by atoms with van der Waals surface area (Å²) in [6, 6.07) is 0.153. The maximum Gasteiger partial charge on any atom is 0.248 e. The van der Waals surface area contributed by atoms with Crippen LogP contribution in [0.4, 0.5) is 0 Å². The van der Waals surface area contributed by atoms with Gasteiger partial charge < -0.3 is 20.7 Å². The number of nitrogens with two attached hydrogens (primary N) is 1. The van der Waals surface area contributed by atoms with Crippen LogP contribution in [0.5, 0.6) is 0 Å². The number of amides is 2. The van der Waals surface area contributed by atoms with Crippen LogP contribution in [0.2, 0.25) is 0 Å². The standard InChI is InChI=1S/C14H27N3O3/c1-3-4-11(9-15)14(19)16-12-5-7-17(8-6-12)13(18)10-20-2/h11-12H,3-10,15H2,1-2H3,(H,16,19). The molecule has 1 heterocycles. The van der Waals surface area contributed by atoms with E-state index in [2.05, 4.69) is 12.2 Å². The van der Waals surface area contributed by atoms with Gasteiger partial charge in [-0.05, 0) is 19.3 Å². The van der Waals surface area contributed by atoms with Gasteiger partial charge in [0.1, 0.15) is 6.61 Å². The Balaban J connectivity index is 2.34. The third-order valence-electron chi connectivity index (χ3n) is 3.75. The second-order valence-electron chi connectivity index (χ2n) is 5.32. The van der Waals surface area contributed by atoms with Gasteiger partial charge >= 0.3 is 0 Å². The molecule has 1 unspecified atom stereocenters. The zero-order valence-corrected chi connectivity index (χ0v) is 12.6. The van der Waals surface area contributed by atoms with Gasteiger partial charge in [-0.15, -0.1) is 0 Å². The highest BCUT2D eigenvalue weighted by molar-refractivity contribution is 5.79. The highest BCUT2D eigenvalue weighted by Gasteiger charge is 2.25. The highest BCUT2D eigenvalue weighted by atomic mass is 16.5. The Hall–Kier alpha value is -1.14. The minimum atomic E-state index is -0.0897. The van der Waals surface area contributed by atoms with Gasteiger partial charge in [0.15, 0.2) is 0 Å². The van der Waals surface area contributed by atoms with Crippen LogP contribution >= 0.6 is 0 Å². The molecule has 0 aromatic heterocycles. The SMILES string of the molecule is CCCC(CN)C(=O)NC1CCN(C(=O)COC)CC1. The predicted octanol–water partition coefficient (Wildman–Crippen LogP) is 0.115. The number of ether oxygens (including phenoxy) is 1. The third-order valence-corrected chi connectivity index (χ3v) is 3.75. The summed E-state index contributed by atoms with van der Waals surface area (Å²) in [5.74, 6) is -0.0211. The monoisotopic (exact) mass is 285 g/mol. The first-order valence-corrected chi connectivity index (χ1v) is 7.39. The average molecular weight is 285 g/mol. The summed E-state index contributed by atoms with van der Waals surface area (Å²) in [7, 11) is 1.52. The van der Waals surface area contributed by atoms with Crippen LogP contribution in [0.1, 0.15) is 32.6 Å². The minimum Gasteiger partial charge on any atom is -0.375 e. The first kappa shape index (κ1) is 16.9. The van der Waals surface area contributed by atoms with E-state index in [1.54, 1.807) is 4.90 Å². The maximum absolute atomic E-state index is 12.1. The van der Waals surface area contributed by atoms with Crippen molar-refractivity contribution in [2.45, 2.75) is 38.6 Å². The molecule has 0 bridgehead atoms. The summed E-state index contributed by atoms with van der Waals surface area (Å²) < 4.78 is 4.85. The fourth-order valence-electron chi connectivity index (χ4n) is 2.51. The summed E-state index contributed by atoms with van der Waals surface area (Å²) in [6.07, 6.45) is 3.38. The van der Waals surface area contributed by atoms with Crippen molar-refractivity contribution in [1.29, 1.82) is 0 Å². The van der Waals surface area contributed by atoms with Crippen LogP contribution in [-0.2, 0) is 14.3 Å². The molecule has 20 heavy (non-hydrogen) atoms. The summed E-state index contributed by atoms with van der Waals surface area (Å²) in [4.78, 5) is 25.5. The number of methoxy groups -OCH3 is 1. The molecular formula is C14H27N3O3. The maximum atomic E-state index is 12.1. The largest absolute Gasteiger partial charge is 0.375 e. The van der Waals surface area contributed by atoms with Crippen molar-refractivity contribution in [2.75, 3.05) is 33.4 Å². The topological polar surface area (TPSA) is 84.7 Å². The molecule has 6 nitrogen and oxygen atoms in total. The van der Waals surface area contributed by atoms with E-state index in [1.807, 2.05) is 0 Å². The lowest BCUT2D eigenvalue weighted by Gasteiger charge is -2.33. The number of hydrogen-bond acceptors (Lipinski definition) is 4. The molecule has 1 aliphatic heterocycles. The van der Waals surface area contributed by atoms with E-state index in [0.717, 1.165) is 25.7 Å². The normalized spacial score (nSPS) is 17.9. The number of rotatable bonds is 7. The summed E-state index contributed by atoms with van der Waals surface area (Å²) in [6.45, 7) is 3.92. The van der Waals surface area contributed by atoms with E-state index in [0.29, 0.717) is 19.6 Å². The number of likely N-dealkylation sites (tertiary alicyclic amines) is 1. The minimum absolute atomic E-state index is 0.0168. The first-order chi connectivity index (χ1) is 9.62. The summed E-state index contributed by atoms with van der Waals surface area (Å²) in [5.41, 5.74) is 5.63. The summed E-state index contributed by atoms with van der Waals surface area (Å²) in [5, 5.41) is 3.06. The van der Waals surface area contributed by atoms with Crippen LogP contribution in [-0.4, -0.2) is 56.1 Å². The molecule has 0 aliphatic carbocycles. The van der Waals surface area contributed by atoms with E-state index in [-0.39, 0.29) is 30.4 Å². The molecule has 0 spiro atoms. The smallest absolute Gasteiger partial charge is 0.248 e. The molecule has 1 aliphatic rings. The van der Waals surface area contributed by atoms with Crippen molar-refractivity contribution in [1.82, 2.24) is 10.2 Å². The van der Waals surface area contributed by atoms with E-state index in [4.69, 9.17) is 10.5 Å². The Bertz CT molecular complexity index is 315. The number of piperidine rings is 1. The van der Waals surface area contributed by atoms with Gasteiger partial charge in [0.25, 0.3) is 0 Å². The zero-order chi connectivity index (χ0) is 15.0. The first-order valence-electron chi connectivity index (χ1n) is 7.39. The molecular weight excluding hydrogens is 258 g/mol. The Labute approximate surface area is 121 Å². The molecule has 0 radical (unpaired) electrons. The Morgan fingerprint density at radius 1 is 1.40 bits per heavy atom. The molecule has 116 valence electrons. The average Bonchev–Trinajstić information content (AvgIpc) is 2.45. The molecule has 1 saturated heterocycles. The highest BCUT2D eigenvalue weighted by Crippen LogP contribution is 2.12. The Kier molecular flexibility index (Phi) is 7.54. The van der Waals surface area contributed by atoms with Gasteiger partial charge in [0.2, 0.25) is 11.8 Å². The second-order valence-corrected chi connectivity index (χ2v) is 5.32. The Morgan fingerprint density at radius 3 is 2.55 bits per heavy atom. The fraction of sp³-hybridized carbons (Fsp3) is 0.857. The third kappa shape index (κ3) is 5.09. The predicted molar refractivity (Wildman–Crippen MR) is 77.1 cm³/mol. The van der Waals surface area contributed by atoms with Crippen LogP contribution in [0, 0.1) is 5.92 Å². The lowest BCUT2D eigenvalue weighted by atomic mass is 10.00. The van der Waals surface area contributed by atoms with Gasteiger partial charge in [-0.25, -0.2) is 0 Å². The van der Waals surface area contributed by atoms with Crippen molar-refractivity contribution in [3.8, 4) is 0 Å². The van der Waals surface area contributed by atoms with Gasteiger partial charge in [-0.1, -0.05) is 13.3 Å². The van der Waals surface area contributed by atoms with E-state index >= 15 is 0 Å². The number of carbonyl (C=O) groups is 2. The molecule has 1 atom stereocenters. The van der Waals surface area contributed by atoms with Crippen molar-refractivity contribution in [3.05, 3.63) is 0 Å². The fourth-order valence-corrected chi connectivity index (χ4v) is 2.51. The van der Waals surface area contributed by atoms with Crippen molar-refractivity contribution in [2.24, 2.45) is 11.7 Å². The molecule has 3 N–H and O–H groups in total. The van der Waals surface area contributed by atoms with Crippen LogP contribution < -0.4 is 11.1 Å². The van der Waals surface area contributed by atoms with E-state index in [1.165, 1.54) is 7.11 Å². The van der Waals surface area contributed by atoms with Gasteiger partial charge in [-0.3, -0.25) is 9.59 Å². The van der Waals surface area contributed by atoms with E-state index < -0.39 is 0 Å². The quantitative estimate of drug-likeness (QED) is 0.695. The summed E-state index contributed by atoms with van der Waals surface area (Å²) >= 11 is 0. The van der Waals surface area contributed by atoms with Crippen LogP contribution in [0.15, 0.2) is 0 Å². The van der Waals surface area contributed by atoms with Gasteiger partial charge in [0.05, 0.1) is 5.92 Å². The molecule has 2 amide bonds. The zero-order valence-electron chi connectivity index (χ0n) is 12.6. The van der Waals surface area contributed by atoms with Crippen molar-refractivity contribution in [3.63, 3.8) is 0 Å².